The van der Waals surface area contributed by atoms with Gasteiger partial charge in [0.1, 0.15) is 5.75 Å². The van der Waals surface area contributed by atoms with E-state index in [0.717, 1.165) is 31.6 Å². The SMILES string of the molecule is CCCCC1(CC)CNc2cc(SC)c(O/C=C/C(=O)O)cc2S(=O)(O)(c2ccc(NC(=O)C(C)(C)C)cc2)C1. The zero-order chi connectivity index (χ0) is 29.8. The van der Waals surface area contributed by atoms with Crippen LogP contribution in [0.1, 0.15) is 60.3 Å². The van der Waals surface area contributed by atoms with E-state index in [1.165, 1.54) is 11.8 Å². The molecule has 0 spiro atoms. The normalized spacial score (nSPS) is 20.8. The number of carboxylic acid groups (broad SMARTS) is 1. The largest absolute Gasteiger partial charge is 0.478 e. The van der Waals surface area contributed by atoms with Crippen LogP contribution in [0.3, 0.4) is 0 Å². The van der Waals surface area contributed by atoms with Crippen LogP contribution in [0.5, 0.6) is 5.75 Å². The molecular weight excluding hydrogens is 548 g/mol. The van der Waals surface area contributed by atoms with Gasteiger partial charge in [-0.1, -0.05) is 47.5 Å². The molecule has 0 saturated carbocycles. The molecule has 0 saturated heterocycles. The number of ether oxygens (including phenoxy) is 1. The molecule has 2 aromatic rings. The van der Waals surface area contributed by atoms with E-state index in [4.69, 9.17) is 9.84 Å². The van der Waals surface area contributed by atoms with E-state index in [2.05, 4.69) is 24.5 Å². The lowest BCUT2D eigenvalue weighted by Gasteiger charge is -2.48. The van der Waals surface area contributed by atoms with E-state index in [9.17, 15) is 14.1 Å². The molecule has 1 aliphatic rings. The van der Waals surface area contributed by atoms with Crippen molar-refractivity contribution < 1.29 is 28.2 Å². The molecule has 1 atom stereocenters. The number of thioether (sulfide) groups is 1. The van der Waals surface area contributed by atoms with Crippen molar-refractivity contribution in [2.24, 2.45) is 10.8 Å². The molecule has 0 aliphatic carbocycles. The van der Waals surface area contributed by atoms with E-state index in [1.54, 1.807) is 36.4 Å². The van der Waals surface area contributed by atoms with Gasteiger partial charge < -0.3 is 20.5 Å². The first-order valence-corrected chi connectivity index (χ1v) is 16.8. The number of benzene rings is 2. The van der Waals surface area contributed by atoms with E-state index < -0.39 is 26.1 Å². The molecule has 1 unspecified atom stereocenters. The van der Waals surface area contributed by atoms with E-state index >= 15 is 4.21 Å². The van der Waals surface area contributed by atoms with Gasteiger partial charge in [-0.25, -0.2) is 4.79 Å². The second-order valence-electron chi connectivity index (χ2n) is 11.5. The predicted molar refractivity (Wildman–Crippen MR) is 163 cm³/mol. The van der Waals surface area contributed by atoms with Crippen LogP contribution in [0.4, 0.5) is 11.4 Å². The number of amides is 1. The molecule has 0 radical (unpaired) electrons. The number of fused-ring (bicyclic) bond motifs is 1. The molecular formula is C30H42N2O6S2. The number of carboxylic acids is 1. The van der Waals surface area contributed by atoms with Crippen molar-refractivity contribution in [3.63, 3.8) is 0 Å². The number of unbranched alkanes of at least 4 members (excludes halogenated alkanes) is 1. The number of carbonyl (C=O) groups excluding carboxylic acids is 1. The summed E-state index contributed by atoms with van der Waals surface area (Å²) in [4.78, 5) is 24.7. The molecule has 3 rings (SSSR count). The van der Waals surface area contributed by atoms with Gasteiger partial charge >= 0.3 is 5.97 Å². The van der Waals surface area contributed by atoms with Crippen LogP contribution in [0.2, 0.25) is 0 Å². The smallest absolute Gasteiger partial charge is 0.331 e. The Hall–Kier alpha value is -2.82. The molecule has 0 fully saturated rings. The number of nitrogens with one attached hydrogen (secondary N) is 2. The maximum Gasteiger partial charge on any atom is 0.331 e. The molecule has 1 aliphatic heterocycles. The summed E-state index contributed by atoms with van der Waals surface area (Å²) < 4.78 is 33.8. The third-order valence-electron chi connectivity index (χ3n) is 7.44. The second-order valence-corrected chi connectivity index (χ2v) is 15.7. The number of hydrogen-bond acceptors (Lipinski definition) is 6. The van der Waals surface area contributed by atoms with Gasteiger partial charge in [0, 0.05) is 29.1 Å². The molecule has 0 aromatic heterocycles. The zero-order valence-electron chi connectivity index (χ0n) is 24.2. The van der Waals surface area contributed by atoms with Gasteiger partial charge in [0.2, 0.25) is 5.91 Å². The van der Waals surface area contributed by atoms with Crippen molar-refractivity contribution in [3.05, 3.63) is 48.7 Å². The van der Waals surface area contributed by atoms with Crippen LogP contribution in [0.25, 0.3) is 0 Å². The summed E-state index contributed by atoms with van der Waals surface area (Å²) in [7, 11) is -4.75. The summed E-state index contributed by atoms with van der Waals surface area (Å²) in [6.45, 7) is 10.2. The monoisotopic (exact) mass is 590 g/mol. The number of carbonyl (C=O) groups is 2. The first-order chi connectivity index (χ1) is 18.7. The maximum atomic E-state index is 15.5. The summed E-state index contributed by atoms with van der Waals surface area (Å²) in [5, 5.41) is 15.4. The van der Waals surface area contributed by atoms with Crippen LogP contribution < -0.4 is 15.4 Å². The lowest BCUT2D eigenvalue weighted by Crippen LogP contribution is -2.45. The van der Waals surface area contributed by atoms with Crippen LogP contribution >= 0.6 is 11.8 Å². The minimum Gasteiger partial charge on any atom is -0.478 e. The molecule has 4 N–H and O–H groups in total. The highest BCUT2D eigenvalue weighted by molar-refractivity contribution is 8.15. The van der Waals surface area contributed by atoms with Crippen LogP contribution in [-0.2, 0) is 18.9 Å². The predicted octanol–water partition coefficient (Wildman–Crippen LogP) is 7.09. The summed E-state index contributed by atoms with van der Waals surface area (Å²) in [6, 6.07) is 9.94. The van der Waals surface area contributed by atoms with Crippen molar-refractivity contribution >= 4 is 44.4 Å². The minimum absolute atomic E-state index is 0.0252. The molecule has 10 heteroatoms. The van der Waals surface area contributed by atoms with Gasteiger partial charge in [0.25, 0.3) is 0 Å². The zero-order valence-corrected chi connectivity index (χ0v) is 25.8. The molecule has 2 aromatic carbocycles. The fraction of sp³-hybridized carbons (Fsp3) is 0.467. The standard InChI is InChI=1S/C30H42N2O6S2/c1-7-9-15-30(8-2)19-31-23-17-25(39-6)24(38-16-14-27(33)34)18-26(23)40(36,37,20-30)22-12-10-21(11-13-22)32-28(35)29(3,4)5/h10-14,16-18,31H,7-9,15,19-20H2,1-6H3,(H,32,35)(H,33,34)(H,36,37)/b16-14+. The van der Waals surface area contributed by atoms with Crippen molar-refractivity contribution in [1.29, 1.82) is 0 Å². The Bertz CT molecular complexity index is 1350. The maximum absolute atomic E-state index is 15.5. The third-order valence-corrected chi connectivity index (χ3v) is 11.8. The highest BCUT2D eigenvalue weighted by Gasteiger charge is 2.46. The number of hydrogen-bond donors (Lipinski definition) is 4. The molecule has 1 heterocycles. The quantitative estimate of drug-likeness (QED) is 0.131. The van der Waals surface area contributed by atoms with Crippen molar-refractivity contribution in [2.45, 2.75) is 75.0 Å². The Labute approximate surface area is 241 Å². The van der Waals surface area contributed by atoms with Gasteiger partial charge in [0.05, 0.1) is 38.5 Å². The van der Waals surface area contributed by atoms with E-state index in [-0.39, 0.29) is 21.5 Å². The fourth-order valence-corrected chi connectivity index (χ4v) is 9.23. The summed E-state index contributed by atoms with van der Waals surface area (Å²) in [6.07, 6.45) is 7.20. The average Bonchev–Trinajstić information content (AvgIpc) is 2.99. The average molecular weight is 591 g/mol. The van der Waals surface area contributed by atoms with Crippen molar-refractivity contribution in [2.75, 3.05) is 29.2 Å². The van der Waals surface area contributed by atoms with Gasteiger partial charge in [-0.2, -0.15) is 4.21 Å². The Kier molecular flexibility index (Phi) is 9.48. The minimum atomic E-state index is -4.75. The van der Waals surface area contributed by atoms with Crippen molar-refractivity contribution in [1.82, 2.24) is 0 Å². The van der Waals surface area contributed by atoms with Gasteiger partial charge in [0.15, 0.2) is 0 Å². The van der Waals surface area contributed by atoms with Crippen LogP contribution in [-0.4, -0.2) is 44.3 Å². The highest BCUT2D eigenvalue weighted by atomic mass is 32.3. The molecule has 0 bridgehead atoms. The molecule has 8 nitrogen and oxygen atoms in total. The van der Waals surface area contributed by atoms with Crippen LogP contribution in [0, 0.1) is 10.8 Å². The lowest BCUT2D eigenvalue weighted by atomic mass is 9.82. The second kappa shape index (κ2) is 12.0. The van der Waals surface area contributed by atoms with E-state index in [1.807, 2.05) is 27.0 Å². The molecule has 220 valence electrons. The van der Waals surface area contributed by atoms with Crippen LogP contribution in [0.15, 0.2) is 63.4 Å². The summed E-state index contributed by atoms with van der Waals surface area (Å²) in [5.41, 5.74) is 0.0572. The molecule has 1 amide bonds. The highest BCUT2D eigenvalue weighted by Crippen LogP contribution is 2.54. The first-order valence-electron chi connectivity index (χ1n) is 13.5. The Morgan fingerprint density at radius 3 is 2.42 bits per heavy atom. The number of aliphatic carboxylic acids is 1. The Morgan fingerprint density at radius 1 is 1.20 bits per heavy atom. The number of anilines is 2. The number of rotatable bonds is 10. The third kappa shape index (κ3) is 6.72. The Balaban J connectivity index is 2.23. The molecule has 40 heavy (non-hydrogen) atoms. The first kappa shape index (κ1) is 31.7. The van der Waals surface area contributed by atoms with Crippen molar-refractivity contribution in [3.8, 4) is 5.75 Å². The van der Waals surface area contributed by atoms with Gasteiger partial charge in [-0.3, -0.25) is 9.35 Å². The van der Waals surface area contributed by atoms with Gasteiger partial charge in [-0.05, 0) is 49.4 Å². The van der Waals surface area contributed by atoms with E-state index in [0.29, 0.717) is 35.0 Å². The Morgan fingerprint density at radius 2 is 1.88 bits per heavy atom. The summed E-state index contributed by atoms with van der Waals surface area (Å²) in [5.74, 6) is -0.990. The fourth-order valence-electron chi connectivity index (χ4n) is 4.89. The lowest BCUT2D eigenvalue weighted by molar-refractivity contribution is -0.131. The topological polar surface area (TPSA) is 125 Å². The summed E-state index contributed by atoms with van der Waals surface area (Å²) >= 11 is 1.40. The van der Waals surface area contributed by atoms with Gasteiger partial charge in [-0.15, -0.1) is 21.1 Å².